The van der Waals surface area contributed by atoms with Crippen molar-refractivity contribution in [3.63, 3.8) is 0 Å². The molecule has 0 aliphatic rings. The molecule has 0 radical (unpaired) electrons. The van der Waals surface area contributed by atoms with E-state index in [1.54, 1.807) is 25.2 Å². The van der Waals surface area contributed by atoms with Gasteiger partial charge in [0, 0.05) is 50.7 Å². The Morgan fingerprint density at radius 1 is 1.22 bits per heavy atom. The van der Waals surface area contributed by atoms with Gasteiger partial charge in [0.05, 0.1) is 4.92 Å². The maximum atomic E-state index is 11.0. The summed E-state index contributed by atoms with van der Waals surface area (Å²) in [5, 5.41) is 17.2. The number of aliphatic imine (C=N–C) groups is 1. The van der Waals surface area contributed by atoms with E-state index in [2.05, 4.69) is 20.2 Å². The Morgan fingerprint density at radius 3 is 2.57 bits per heavy atom. The lowest BCUT2D eigenvalue weighted by atomic mass is 10.2. The Balaban J connectivity index is 0.00000264. The minimum Gasteiger partial charge on any atom is -0.355 e. The summed E-state index contributed by atoms with van der Waals surface area (Å²) in [6, 6.07) is 10.6. The summed E-state index contributed by atoms with van der Waals surface area (Å²) < 4.78 is 2.06. The zero-order chi connectivity index (χ0) is 15.8. The first kappa shape index (κ1) is 18.9. The molecule has 0 bridgehead atoms. The molecular weight excluding hydrogens is 409 g/mol. The first-order chi connectivity index (χ1) is 10.7. The Morgan fingerprint density at radius 2 is 1.91 bits per heavy atom. The lowest BCUT2D eigenvalue weighted by Gasteiger charge is -2.12. The summed E-state index contributed by atoms with van der Waals surface area (Å²) in [5.74, 6) is 0.616. The van der Waals surface area contributed by atoms with Crippen molar-refractivity contribution in [3.8, 4) is 0 Å². The molecule has 23 heavy (non-hydrogen) atoms. The molecule has 0 amide bonds. The Labute approximate surface area is 152 Å². The lowest BCUT2D eigenvalue weighted by Crippen LogP contribution is -2.38. The standard InChI is InChI=1S/C15H19N5O2.HI/c1-16-15(17-8-11-19-9-4-5-10-19)18-12-13-6-2-3-7-14(13)20(21)22;/h2-7,9-10H,8,11-12H2,1H3,(H2,16,17,18);1H. The van der Waals surface area contributed by atoms with Crippen LogP contribution < -0.4 is 10.6 Å². The zero-order valence-electron chi connectivity index (χ0n) is 12.8. The molecule has 1 aromatic heterocycles. The van der Waals surface area contributed by atoms with E-state index in [1.807, 2.05) is 24.5 Å². The number of nitrogens with one attached hydrogen (secondary N) is 2. The van der Waals surface area contributed by atoms with Gasteiger partial charge in [-0.3, -0.25) is 15.1 Å². The number of para-hydroxylation sites is 1. The molecule has 0 atom stereocenters. The summed E-state index contributed by atoms with van der Waals surface area (Å²) in [6.07, 6.45) is 3.98. The maximum absolute atomic E-state index is 11.0. The van der Waals surface area contributed by atoms with Crippen LogP contribution in [0.3, 0.4) is 0 Å². The minimum atomic E-state index is -0.376. The van der Waals surface area contributed by atoms with E-state index in [9.17, 15) is 10.1 Å². The van der Waals surface area contributed by atoms with Crippen LogP contribution in [0.15, 0.2) is 53.8 Å². The number of guanidine groups is 1. The lowest BCUT2D eigenvalue weighted by molar-refractivity contribution is -0.385. The molecule has 7 nitrogen and oxygen atoms in total. The predicted octanol–water partition coefficient (Wildman–Crippen LogP) is 2.38. The van der Waals surface area contributed by atoms with Gasteiger partial charge in [0.15, 0.2) is 5.96 Å². The molecule has 8 heteroatoms. The van der Waals surface area contributed by atoms with Crippen LogP contribution in [-0.2, 0) is 13.1 Å². The van der Waals surface area contributed by atoms with Crippen LogP contribution in [-0.4, -0.2) is 29.0 Å². The van der Waals surface area contributed by atoms with Gasteiger partial charge < -0.3 is 15.2 Å². The SMILES string of the molecule is CN=C(NCCn1cccc1)NCc1ccccc1[N+](=O)[O-].I. The van der Waals surface area contributed by atoms with Crippen molar-refractivity contribution in [2.45, 2.75) is 13.1 Å². The van der Waals surface area contributed by atoms with Crippen LogP contribution in [0.1, 0.15) is 5.56 Å². The minimum absolute atomic E-state index is 0. The number of nitrogens with zero attached hydrogens (tertiary/aromatic N) is 3. The van der Waals surface area contributed by atoms with Crippen molar-refractivity contribution in [1.29, 1.82) is 0 Å². The van der Waals surface area contributed by atoms with E-state index >= 15 is 0 Å². The molecule has 1 heterocycles. The molecule has 0 saturated carbocycles. The molecule has 0 saturated heterocycles. The van der Waals surface area contributed by atoms with Gasteiger partial charge in [-0.15, -0.1) is 24.0 Å². The Hall–Kier alpha value is -2.10. The average molecular weight is 429 g/mol. The van der Waals surface area contributed by atoms with E-state index in [0.29, 0.717) is 24.6 Å². The Bertz CT molecular complexity index is 643. The van der Waals surface area contributed by atoms with Gasteiger partial charge in [-0.1, -0.05) is 18.2 Å². The second-order valence-electron chi connectivity index (χ2n) is 4.66. The summed E-state index contributed by atoms with van der Waals surface area (Å²) in [5.41, 5.74) is 0.735. The molecule has 2 rings (SSSR count). The van der Waals surface area contributed by atoms with E-state index < -0.39 is 0 Å². The van der Waals surface area contributed by atoms with Crippen molar-refractivity contribution in [2.24, 2.45) is 4.99 Å². The Kier molecular flexibility index (Phi) is 8.09. The molecular formula is C15H20IN5O2. The van der Waals surface area contributed by atoms with Gasteiger partial charge in [0.25, 0.3) is 5.69 Å². The fraction of sp³-hybridized carbons (Fsp3) is 0.267. The number of nitro benzene ring substituents is 1. The van der Waals surface area contributed by atoms with Crippen molar-refractivity contribution >= 4 is 35.6 Å². The van der Waals surface area contributed by atoms with Gasteiger partial charge in [0.2, 0.25) is 0 Å². The smallest absolute Gasteiger partial charge is 0.274 e. The number of nitro groups is 1. The highest BCUT2D eigenvalue weighted by molar-refractivity contribution is 14.0. The molecule has 0 aliphatic heterocycles. The number of hydrogen-bond acceptors (Lipinski definition) is 3. The topological polar surface area (TPSA) is 84.5 Å². The maximum Gasteiger partial charge on any atom is 0.274 e. The van der Waals surface area contributed by atoms with E-state index in [1.165, 1.54) is 6.07 Å². The third kappa shape index (κ3) is 5.89. The molecule has 0 spiro atoms. The van der Waals surface area contributed by atoms with Crippen molar-refractivity contribution < 1.29 is 4.92 Å². The molecule has 0 fully saturated rings. The molecule has 124 valence electrons. The van der Waals surface area contributed by atoms with Crippen LogP contribution in [0.25, 0.3) is 0 Å². The largest absolute Gasteiger partial charge is 0.355 e. The van der Waals surface area contributed by atoms with Crippen LogP contribution >= 0.6 is 24.0 Å². The monoisotopic (exact) mass is 429 g/mol. The highest BCUT2D eigenvalue weighted by Gasteiger charge is 2.12. The van der Waals surface area contributed by atoms with Crippen molar-refractivity contribution in [1.82, 2.24) is 15.2 Å². The fourth-order valence-electron chi connectivity index (χ4n) is 2.06. The van der Waals surface area contributed by atoms with Crippen LogP contribution in [0.2, 0.25) is 0 Å². The van der Waals surface area contributed by atoms with Crippen LogP contribution in [0.4, 0.5) is 5.69 Å². The molecule has 0 unspecified atom stereocenters. The van der Waals surface area contributed by atoms with Crippen molar-refractivity contribution in [3.05, 3.63) is 64.5 Å². The second-order valence-corrected chi connectivity index (χ2v) is 4.66. The molecule has 2 N–H and O–H groups in total. The van der Waals surface area contributed by atoms with Gasteiger partial charge in [-0.05, 0) is 12.1 Å². The number of rotatable bonds is 6. The van der Waals surface area contributed by atoms with Gasteiger partial charge in [0.1, 0.15) is 0 Å². The first-order valence-corrected chi connectivity index (χ1v) is 6.98. The van der Waals surface area contributed by atoms with E-state index in [-0.39, 0.29) is 34.6 Å². The zero-order valence-corrected chi connectivity index (χ0v) is 15.1. The highest BCUT2D eigenvalue weighted by atomic mass is 127. The quantitative estimate of drug-likeness (QED) is 0.243. The second kappa shape index (κ2) is 9.82. The summed E-state index contributed by atoms with van der Waals surface area (Å²) in [6.45, 7) is 1.88. The normalized spacial score (nSPS) is 10.7. The summed E-state index contributed by atoms with van der Waals surface area (Å²) in [7, 11) is 1.67. The first-order valence-electron chi connectivity index (χ1n) is 6.98. The van der Waals surface area contributed by atoms with Crippen LogP contribution in [0.5, 0.6) is 0 Å². The van der Waals surface area contributed by atoms with Crippen molar-refractivity contribution in [2.75, 3.05) is 13.6 Å². The number of hydrogen-bond donors (Lipinski definition) is 2. The number of halogens is 1. The third-order valence-corrected chi connectivity index (χ3v) is 3.19. The van der Waals surface area contributed by atoms with Gasteiger partial charge in [-0.2, -0.15) is 0 Å². The average Bonchev–Trinajstić information content (AvgIpc) is 3.04. The summed E-state index contributed by atoms with van der Waals surface area (Å²) >= 11 is 0. The highest BCUT2D eigenvalue weighted by Crippen LogP contribution is 2.16. The molecule has 0 aliphatic carbocycles. The van der Waals surface area contributed by atoms with Gasteiger partial charge in [-0.25, -0.2) is 0 Å². The van der Waals surface area contributed by atoms with E-state index in [0.717, 1.165) is 6.54 Å². The molecule has 1 aromatic carbocycles. The third-order valence-electron chi connectivity index (χ3n) is 3.19. The van der Waals surface area contributed by atoms with Gasteiger partial charge >= 0.3 is 0 Å². The predicted molar refractivity (Wildman–Crippen MR) is 101 cm³/mol. The van der Waals surface area contributed by atoms with E-state index in [4.69, 9.17) is 0 Å². The number of aromatic nitrogens is 1. The summed E-state index contributed by atoms with van der Waals surface area (Å²) in [4.78, 5) is 14.7. The fourth-order valence-corrected chi connectivity index (χ4v) is 2.06. The van der Waals surface area contributed by atoms with Crippen LogP contribution in [0, 0.1) is 10.1 Å². The number of benzene rings is 1. The molecule has 2 aromatic rings.